The van der Waals surface area contributed by atoms with Crippen LogP contribution in [0, 0.1) is 6.92 Å². The Balaban J connectivity index is 1.80. The van der Waals surface area contributed by atoms with E-state index in [0.29, 0.717) is 31.7 Å². The van der Waals surface area contributed by atoms with Crippen molar-refractivity contribution in [2.75, 3.05) is 26.3 Å². The molecular weight excluding hydrogens is 320 g/mol. The number of hydrogen-bond acceptors (Lipinski definition) is 4. The van der Waals surface area contributed by atoms with Gasteiger partial charge in [-0.15, -0.1) is 0 Å². The van der Waals surface area contributed by atoms with E-state index in [0.717, 1.165) is 11.1 Å². The highest BCUT2D eigenvalue weighted by Gasteiger charge is 2.38. The molecule has 0 spiro atoms. The van der Waals surface area contributed by atoms with Gasteiger partial charge in [0.25, 0.3) is 5.91 Å². The highest BCUT2D eigenvalue weighted by Crippen LogP contribution is 2.25. The van der Waals surface area contributed by atoms with Crippen LogP contribution in [0.25, 0.3) is 0 Å². The van der Waals surface area contributed by atoms with Crippen LogP contribution in [0.5, 0.6) is 0 Å². The predicted molar refractivity (Wildman–Crippen MR) is 93.6 cm³/mol. The van der Waals surface area contributed by atoms with Crippen molar-refractivity contribution in [2.45, 2.75) is 18.9 Å². The number of aromatic nitrogens is 1. The van der Waals surface area contributed by atoms with Gasteiger partial charge < -0.3 is 19.7 Å². The Morgan fingerprint density at radius 2 is 2.12 bits per heavy atom. The highest BCUT2D eigenvalue weighted by molar-refractivity contribution is 5.94. The van der Waals surface area contributed by atoms with Gasteiger partial charge in [0.15, 0.2) is 0 Å². The van der Waals surface area contributed by atoms with E-state index in [-0.39, 0.29) is 18.1 Å². The fourth-order valence-corrected chi connectivity index (χ4v) is 3.16. The number of aryl methyl sites for hydroxylation is 1. The minimum Gasteiger partial charge on any atom is -0.393 e. The summed E-state index contributed by atoms with van der Waals surface area (Å²) in [6, 6.07) is 10.8. The number of morpholine rings is 1. The number of aromatic amines is 1. The topological polar surface area (TPSA) is 82.6 Å². The Morgan fingerprint density at radius 3 is 2.80 bits per heavy atom. The molecule has 6 nitrogen and oxygen atoms in total. The van der Waals surface area contributed by atoms with E-state index in [1.165, 1.54) is 18.3 Å². The second-order valence-corrected chi connectivity index (χ2v) is 6.46. The van der Waals surface area contributed by atoms with Crippen molar-refractivity contribution in [2.24, 2.45) is 0 Å². The summed E-state index contributed by atoms with van der Waals surface area (Å²) in [5.74, 6) is -0.179. The summed E-state index contributed by atoms with van der Waals surface area (Å²) in [6.45, 7) is 2.97. The lowest BCUT2D eigenvalue weighted by Crippen LogP contribution is -2.56. The van der Waals surface area contributed by atoms with E-state index in [9.17, 15) is 14.7 Å². The zero-order chi connectivity index (χ0) is 17.9. The van der Waals surface area contributed by atoms with Crippen molar-refractivity contribution < 1.29 is 14.6 Å². The number of nitrogens with one attached hydrogen (secondary N) is 1. The predicted octanol–water partition coefficient (Wildman–Crippen LogP) is 1.13. The van der Waals surface area contributed by atoms with E-state index in [1.807, 2.05) is 31.2 Å². The molecule has 2 aromatic rings. The summed E-state index contributed by atoms with van der Waals surface area (Å²) in [5, 5.41) is 9.99. The first-order chi connectivity index (χ1) is 12.0. The van der Waals surface area contributed by atoms with Crippen molar-refractivity contribution in [1.82, 2.24) is 9.88 Å². The zero-order valence-electron chi connectivity index (χ0n) is 14.2. The first-order valence-corrected chi connectivity index (χ1v) is 8.30. The fraction of sp³-hybridized carbons (Fsp3) is 0.368. The van der Waals surface area contributed by atoms with Gasteiger partial charge in [0, 0.05) is 25.2 Å². The number of carbonyl (C=O) groups excluding carboxylic acids is 1. The van der Waals surface area contributed by atoms with Crippen LogP contribution in [0.4, 0.5) is 0 Å². The number of hydrogen-bond donors (Lipinski definition) is 2. The lowest BCUT2D eigenvalue weighted by atomic mass is 9.90. The molecule has 132 valence electrons. The van der Waals surface area contributed by atoms with Crippen molar-refractivity contribution in [3.05, 3.63) is 69.6 Å². The Bertz CT molecular complexity index is 797. The van der Waals surface area contributed by atoms with E-state index in [2.05, 4.69) is 4.98 Å². The summed E-state index contributed by atoms with van der Waals surface area (Å²) in [4.78, 5) is 28.1. The molecule has 25 heavy (non-hydrogen) atoms. The van der Waals surface area contributed by atoms with Crippen molar-refractivity contribution in [1.29, 1.82) is 0 Å². The van der Waals surface area contributed by atoms with Crippen LogP contribution < -0.4 is 5.56 Å². The lowest BCUT2D eigenvalue weighted by Gasteiger charge is -2.42. The van der Waals surface area contributed by atoms with Crippen molar-refractivity contribution in [3.63, 3.8) is 0 Å². The smallest absolute Gasteiger partial charge is 0.255 e. The van der Waals surface area contributed by atoms with Crippen LogP contribution >= 0.6 is 0 Å². The normalized spacial score (nSPS) is 20.5. The molecule has 0 radical (unpaired) electrons. The molecule has 1 unspecified atom stereocenters. The molecule has 2 N–H and O–H groups in total. The second-order valence-electron chi connectivity index (χ2n) is 6.46. The molecule has 3 rings (SSSR count). The van der Waals surface area contributed by atoms with Crippen molar-refractivity contribution in [3.8, 4) is 0 Å². The average Bonchev–Trinajstić information content (AvgIpc) is 2.64. The maximum Gasteiger partial charge on any atom is 0.255 e. The van der Waals surface area contributed by atoms with Crippen LogP contribution in [0.2, 0.25) is 0 Å². The monoisotopic (exact) mass is 342 g/mol. The molecule has 0 bridgehead atoms. The molecule has 1 aromatic carbocycles. The molecule has 6 heteroatoms. The number of amides is 1. The second kappa shape index (κ2) is 7.21. The third-order valence-corrected chi connectivity index (χ3v) is 4.63. The first kappa shape index (κ1) is 17.4. The summed E-state index contributed by atoms with van der Waals surface area (Å²) >= 11 is 0. The van der Waals surface area contributed by atoms with Crippen LogP contribution in [0.3, 0.4) is 0 Å². The number of benzene rings is 1. The third-order valence-electron chi connectivity index (χ3n) is 4.63. The van der Waals surface area contributed by atoms with Gasteiger partial charge in [0.1, 0.15) is 5.60 Å². The van der Waals surface area contributed by atoms with Gasteiger partial charge in [-0.05, 0) is 24.1 Å². The molecule has 1 aliphatic rings. The summed E-state index contributed by atoms with van der Waals surface area (Å²) in [6.07, 6.45) is 1.95. The molecule has 1 amide bonds. The van der Waals surface area contributed by atoms with Gasteiger partial charge in [-0.2, -0.15) is 0 Å². The maximum atomic E-state index is 12.7. The number of nitrogens with zero attached hydrogens (tertiary/aromatic N) is 1. The van der Waals surface area contributed by atoms with Gasteiger partial charge in [-0.25, -0.2) is 0 Å². The van der Waals surface area contributed by atoms with Crippen LogP contribution in [-0.2, 0) is 11.2 Å². The number of carbonyl (C=O) groups is 1. The number of H-pyrrole nitrogens is 1. The number of pyridine rings is 1. The van der Waals surface area contributed by atoms with E-state index < -0.39 is 5.60 Å². The Morgan fingerprint density at radius 1 is 1.32 bits per heavy atom. The van der Waals surface area contributed by atoms with E-state index >= 15 is 0 Å². The highest BCUT2D eigenvalue weighted by atomic mass is 16.5. The lowest BCUT2D eigenvalue weighted by molar-refractivity contribution is -0.123. The fourth-order valence-electron chi connectivity index (χ4n) is 3.16. The van der Waals surface area contributed by atoms with Crippen molar-refractivity contribution >= 4 is 5.91 Å². The molecule has 2 heterocycles. The van der Waals surface area contributed by atoms with Gasteiger partial charge >= 0.3 is 0 Å². The molecule has 0 saturated carbocycles. The Kier molecular flexibility index (Phi) is 5.01. The van der Waals surface area contributed by atoms with E-state index in [4.69, 9.17) is 4.74 Å². The molecule has 1 aliphatic heterocycles. The summed E-state index contributed by atoms with van der Waals surface area (Å²) in [5.41, 5.74) is 1.58. The Hall–Kier alpha value is -2.44. The number of aliphatic hydroxyl groups excluding tert-OH is 1. The standard InChI is InChI=1S/C19H22N2O4/c1-14-4-2-3-5-15(14)10-19(13-22)12-21(8-9-25-19)18(24)16-6-7-17(23)20-11-16/h2-7,11,22H,8-10,12-13H2,1H3,(H,20,23). The largest absolute Gasteiger partial charge is 0.393 e. The zero-order valence-corrected chi connectivity index (χ0v) is 14.2. The average molecular weight is 342 g/mol. The molecule has 1 aromatic heterocycles. The molecule has 1 saturated heterocycles. The molecule has 0 aliphatic carbocycles. The van der Waals surface area contributed by atoms with Gasteiger partial charge in [0.05, 0.1) is 25.3 Å². The molecule has 1 fully saturated rings. The number of aliphatic hydroxyl groups is 1. The maximum absolute atomic E-state index is 12.7. The minimum absolute atomic E-state index is 0.170. The molecule has 1 atom stereocenters. The van der Waals surface area contributed by atoms with Crippen LogP contribution in [0.1, 0.15) is 21.5 Å². The van der Waals surface area contributed by atoms with Gasteiger partial charge in [-0.1, -0.05) is 24.3 Å². The van der Waals surface area contributed by atoms with Gasteiger partial charge in [-0.3, -0.25) is 9.59 Å². The number of ether oxygens (including phenoxy) is 1. The quantitative estimate of drug-likeness (QED) is 0.873. The molecular formula is C19H22N2O4. The van der Waals surface area contributed by atoms with E-state index in [1.54, 1.807) is 4.90 Å². The van der Waals surface area contributed by atoms with Gasteiger partial charge in [0.2, 0.25) is 5.56 Å². The van der Waals surface area contributed by atoms with Crippen LogP contribution in [-0.4, -0.2) is 52.8 Å². The SMILES string of the molecule is Cc1ccccc1CC1(CO)CN(C(=O)c2ccc(=O)[nH]c2)CCO1. The summed E-state index contributed by atoms with van der Waals surface area (Å²) < 4.78 is 5.91. The summed E-state index contributed by atoms with van der Waals surface area (Å²) in [7, 11) is 0. The third kappa shape index (κ3) is 3.81. The Labute approximate surface area is 146 Å². The minimum atomic E-state index is -0.817. The first-order valence-electron chi connectivity index (χ1n) is 8.30. The van der Waals surface area contributed by atoms with Crippen LogP contribution in [0.15, 0.2) is 47.4 Å². The number of rotatable bonds is 4.